The largest absolute Gasteiger partial charge is 0.466 e. The lowest BCUT2D eigenvalue weighted by Gasteiger charge is -2.47. The number of carbonyl (C=O) groups excluding carboxylic acids is 1. The van der Waals surface area contributed by atoms with Gasteiger partial charge in [0.05, 0.1) is 13.7 Å². The Balaban J connectivity index is 1.41. The summed E-state index contributed by atoms with van der Waals surface area (Å²) >= 11 is 0. The molecule has 0 aromatic heterocycles. The highest BCUT2D eigenvalue weighted by Crippen LogP contribution is 2.39. The summed E-state index contributed by atoms with van der Waals surface area (Å²) in [6, 6.07) is 6.73. The summed E-state index contributed by atoms with van der Waals surface area (Å²) < 4.78 is 17.0. The first kappa shape index (κ1) is 16.6. The number of carbonyl (C=O) groups is 1. The monoisotopic (exact) mass is 343 g/mol. The van der Waals surface area contributed by atoms with Crippen molar-refractivity contribution in [2.45, 2.75) is 50.5 Å². The van der Waals surface area contributed by atoms with Crippen molar-refractivity contribution in [3.63, 3.8) is 0 Å². The van der Waals surface area contributed by atoms with E-state index in [0.717, 1.165) is 48.8 Å². The Bertz CT molecular complexity index is 672. The highest BCUT2D eigenvalue weighted by molar-refractivity contribution is 5.87. The third-order valence-electron chi connectivity index (χ3n) is 5.64. The van der Waals surface area contributed by atoms with E-state index in [1.165, 1.54) is 32.4 Å². The smallest absolute Gasteiger partial charge is 0.330 e. The molecular formula is C20H25NO4. The number of likely N-dealkylation sites (tertiary alicyclic amines) is 1. The van der Waals surface area contributed by atoms with Crippen molar-refractivity contribution in [1.82, 2.24) is 4.90 Å². The molecule has 0 radical (unpaired) electrons. The molecule has 2 heterocycles. The normalized spacial score (nSPS) is 23.1. The number of rotatable bonds is 3. The van der Waals surface area contributed by atoms with Crippen LogP contribution in [0.5, 0.6) is 5.75 Å². The van der Waals surface area contributed by atoms with E-state index in [9.17, 15) is 4.79 Å². The van der Waals surface area contributed by atoms with Gasteiger partial charge in [0.25, 0.3) is 0 Å². The number of benzene rings is 1. The van der Waals surface area contributed by atoms with E-state index >= 15 is 0 Å². The van der Waals surface area contributed by atoms with Gasteiger partial charge in [-0.25, -0.2) is 4.79 Å². The second-order valence-corrected chi connectivity index (χ2v) is 7.15. The zero-order valence-corrected chi connectivity index (χ0v) is 14.7. The fraction of sp³-hybridized carbons (Fsp3) is 0.550. The predicted molar refractivity (Wildman–Crippen MR) is 94.1 cm³/mol. The van der Waals surface area contributed by atoms with E-state index in [-0.39, 0.29) is 5.97 Å². The van der Waals surface area contributed by atoms with Crippen LogP contribution in [0.1, 0.15) is 43.2 Å². The molecule has 3 aliphatic rings. The molecule has 0 amide bonds. The number of esters is 1. The van der Waals surface area contributed by atoms with Gasteiger partial charge < -0.3 is 14.2 Å². The fourth-order valence-electron chi connectivity index (χ4n) is 3.81. The summed E-state index contributed by atoms with van der Waals surface area (Å²) in [6.07, 6.45) is 9.08. The molecule has 1 spiro atoms. The predicted octanol–water partition coefficient (Wildman–Crippen LogP) is 3.13. The van der Waals surface area contributed by atoms with Crippen LogP contribution in [-0.2, 0) is 20.9 Å². The first-order valence-electron chi connectivity index (χ1n) is 9.13. The van der Waals surface area contributed by atoms with Crippen LogP contribution in [0, 0.1) is 0 Å². The average molecular weight is 343 g/mol. The molecule has 0 unspecified atom stereocenters. The summed E-state index contributed by atoms with van der Waals surface area (Å²) in [4.78, 5) is 13.8. The lowest BCUT2D eigenvalue weighted by molar-refractivity contribution is -0.231. The quantitative estimate of drug-likeness (QED) is 0.623. The minimum absolute atomic E-state index is 0.359. The number of fused-ring (bicyclic) bond motifs is 1. The van der Waals surface area contributed by atoms with E-state index < -0.39 is 5.79 Å². The van der Waals surface area contributed by atoms with Crippen LogP contribution in [0.25, 0.3) is 6.08 Å². The molecule has 0 N–H and O–H groups in total. The van der Waals surface area contributed by atoms with Crippen LogP contribution >= 0.6 is 0 Å². The summed E-state index contributed by atoms with van der Waals surface area (Å²) in [7, 11) is 1.37. The third-order valence-corrected chi connectivity index (χ3v) is 5.64. The number of hydrogen-bond donors (Lipinski definition) is 0. The van der Waals surface area contributed by atoms with Gasteiger partial charge in [-0.1, -0.05) is 12.5 Å². The summed E-state index contributed by atoms with van der Waals surface area (Å²) in [5.74, 6) is 0.0809. The molecule has 25 heavy (non-hydrogen) atoms. The molecule has 1 aliphatic carbocycles. The average Bonchev–Trinajstić information content (AvgIpc) is 2.60. The van der Waals surface area contributed by atoms with Crippen molar-refractivity contribution in [3.05, 3.63) is 35.4 Å². The van der Waals surface area contributed by atoms with Gasteiger partial charge in [0, 0.05) is 43.6 Å². The van der Waals surface area contributed by atoms with E-state index in [1.807, 2.05) is 18.2 Å². The molecule has 5 nitrogen and oxygen atoms in total. The molecule has 1 aromatic rings. The minimum atomic E-state index is -0.462. The minimum Gasteiger partial charge on any atom is -0.466 e. The summed E-state index contributed by atoms with van der Waals surface area (Å²) in [6.45, 7) is 2.67. The Labute approximate surface area is 148 Å². The zero-order valence-electron chi connectivity index (χ0n) is 14.7. The number of ether oxygens (including phenoxy) is 3. The SMILES string of the molecule is COC(=O)C=Cc1ccc2c(c1)COC1(CCN(C3CCC3)CC1)O2. The van der Waals surface area contributed by atoms with Crippen molar-refractivity contribution >= 4 is 12.0 Å². The van der Waals surface area contributed by atoms with E-state index in [2.05, 4.69) is 9.64 Å². The molecular weight excluding hydrogens is 318 g/mol. The number of piperidine rings is 1. The van der Waals surface area contributed by atoms with Gasteiger partial charge in [-0.2, -0.15) is 0 Å². The standard InChI is InChI=1S/C20H25NO4/c1-23-19(22)8-6-15-5-7-18-16(13-15)14-24-20(25-18)9-11-21(12-10-20)17-3-2-4-17/h5-8,13,17H,2-4,9-12,14H2,1H3. The number of nitrogens with zero attached hydrogens (tertiary/aromatic N) is 1. The van der Waals surface area contributed by atoms with Gasteiger partial charge in [0.2, 0.25) is 5.79 Å². The number of hydrogen-bond acceptors (Lipinski definition) is 5. The summed E-state index contributed by atoms with van der Waals surface area (Å²) in [5.41, 5.74) is 1.96. The fourth-order valence-corrected chi connectivity index (χ4v) is 3.81. The molecule has 1 saturated carbocycles. The second-order valence-electron chi connectivity index (χ2n) is 7.15. The molecule has 2 fully saturated rings. The summed E-state index contributed by atoms with van der Waals surface area (Å²) in [5, 5.41) is 0. The Hall–Kier alpha value is -1.85. The molecule has 2 aliphatic heterocycles. The van der Waals surface area contributed by atoms with Crippen molar-refractivity contribution in [1.29, 1.82) is 0 Å². The first-order valence-corrected chi connectivity index (χ1v) is 9.13. The van der Waals surface area contributed by atoms with Crippen LogP contribution in [0.4, 0.5) is 0 Å². The maximum Gasteiger partial charge on any atom is 0.330 e. The molecule has 134 valence electrons. The van der Waals surface area contributed by atoms with E-state index in [0.29, 0.717) is 6.61 Å². The van der Waals surface area contributed by atoms with Crippen molar-refractivity contribution < 1.29 is 19.0 Å². The van der Waals surface area contributed by atoms with Gasteiger partial charge in [-0.15, -0.1) is 0 Å². The van der Waals surface area contributed by atoms with Crippen LogP contribution in [0.15, 0.2) is 24.3 Å². The van der Waals surface area contributed by atoms with Crippen molar-refractivity contribution in [2.24, 2.45) is 0 Å². The van der Waals surface area contributed by atoms with Gasteiger partial charge in [-0.3, -0.25) is 4.90 Å². The van der Waals surface area contributed by atoms with E-state index in [4.69, 9.17) is 9.47 Å². The second kappa shape index (κ2) is 6.81. The Kier molecular flexibility index (Phi) is 4.52. The van der Waals surface area contributed by atoms with Crippen molar-refractivity contribution in [2.75, 3.05) is 20.2 Å². The highest BCUT2D eigenvalue weighted by Gasteiger charge is 2.42. The van der Waals surface area contributed by atoms with Crippen molar-refractivity contribution in [3.8, 4) is 5.75 Å². The zero-order chi connectivity index (χ0) is 17.3. The Morgan fingerprint density at radius 1 is 1.32 bits per heavy atom. The Morgan fingerprint density at radius 3 is 2.80 bits per heavy atom. The van der Waals surface area contributed by atoms with Crippen LogP contribution in [0.2, 0.25) is 0 Å². The maximum atomic E-state index is 11.2. The van der Waals surface area contributed by atoms with Crippen LogP contribution < -0.4 is 4.74 Å². The van der Waals surface area contributed by atoms with E-state index in [1.54, 1.807) is 6.08 Å². The van der Waals surface area contributed by atoms with Crippen LogP contribution in [-0.4, -0.2) is 42.9 Å². The lowest BCUT2D eigenvalue weighted by Crippen LogP contribution is -2.54. The topological polar surface area (TPSA) is 48.0 Å². The number of methoxy groups -OCH3 is 1. The molecule has 4 rings (SSSR count). The molecule has 1 aromatic carbocycles. The van der Waals surface area contributed by atoms with Gasteiger partial charge in [0.1, 0.15) is 5.75 Å². The molecule has 0 bridgehead atoms. The van der Waals surface area contributed by atoms with Gasteiger partial charge in [-0.05, 0) is 36.6 Å². The Morgan fingerprint density at radius 2 is 2.12 bits per heavy atom. The maximum absolute atomic E-state index is 11.2. The lowest BCUT2D eigenvalue weighted by atomic mass is 9.89. The first-order chi connectivity index (χ1) is 12.2. The third kappa shape index (κ3) is 3.44. The molecule has 1 saturated heterocycles. The van der Waals surface area contributed by atoms with Gasteiger partial charge in [0.15, 0.2) is 0 Å². The highest BCUT2D eigenvalue weighted by atomic mass is 16.7. The molecule has 5 heteroatoms. The van der Waals surface area contributed by atoms with Gasteiger partial charge >= 0.3 is 5.97 Å². The van der Waals surface area contributed by atoms with Crippen LogP contribution in [0.3, 0.4) is 0 Å². The molecule has 0 atom stereocenters.